The van der Waals surface area contributed by atoms with Crippen molar-refractivity contribution in [2.24, 2.45) is 0 Å². The zero-order chi connectivity index (χ0) is 17.4. The number of nitrogens with two attached hydrogens (primary N) is 1. The van der Waals surface area contributed by atoms with Gasteiger partial charge in [-0.2, -0.15) is 5.10 Å². The summed E-state index contributed by atoms with van der Waals surface area (Å²) < 4.78 is 30.3. The second kappa shape index (κ2) is 5.71. The fraction of sp³-hybridized carbons (Fsp3) is 0.0625. The molecule has 0 atom stereocenters. The van der Waals surface area contributed by atoms with Gasteiger partial charge in [0.15, 0.2) is 15.7 Å². The SMILES string of the molecule is Nc1n[nH]c2ccc(-c3nnc(CS(=O)(=O)c4ccccc4)o3)cc12. The highest BCUT2D eigenvalue weighted by molar-refractivity contribution is 7.90. The number of nitrogens with one attached hydrogen (secondary N) is 1. The van der Waals surface area contributed by atoms with Crippen LogP contribution in [0.5, 0.6) is 0 Å². The van der Waals surface area contributed by atoms with Gasteiger partial charge < -0.3 is 10.2 Å². The topological polar surface area (TPSA) is 128 Å². The maximum atomic E-state index is 12.4. The second-order valence-corrected chi connectivity index (χ2v) is 7.43. The highest BCUT2D eigenvalue weighted by Crippen LogP contribution is 2.26. The molecule has 0 spiro atoms. The zero-order valence-electron chi connectivity index (χ0n) is 12.9. The molecule has 126 valence electrons. The minimum Gasteiger partial charge on any atom is -0.420 e. The van der Waals surface area contributed by atoms with Crippen LogP contribution in [0, 0.1) is 0 Å². The van der Waals surface area contributed by atoms with Gasteiger partial charge in [-0.05, 0) is 30.3 Å². The van der Waals surface area contributed by atoms with Crippen LogP contribution in [0.15, 0.2) is 57.8 Å². The van der Waals surface area contributed by atoms with Crippen molar-refractivity contribution < 1.29 is 12.8 Å². The van der Waals surface area contributed by atoms with Crippen molar-refractivity contribution >= 4 is 26.6 Å². The van der Waals surface area contributed by atoms with Crippen molar-refractivity contribution in [2.45, 2.75) is 10.6 Å². The molecular formula is C16H13N5O3S. The van der Waals surface area contributed by atoms with Gasteiger partial charge in [0.2, 0.25) is 11.8 Å². The summed E-state index contributed by atoms with van der Waals surface area (Å²) in [5.41, 5.74) is 7.21. The standard InChI is InChI=1S/C16H13N5O3S/c17-15-12-8-10(6-7-13(12)18-20-15)16-21-19-14(24-16)9-25(22,23)11-4-2-1-3-5-11/h1-8H,9H2,(H3,17,18,20). The fourth-order valence-electron chi connectivity index (χ4n) is 2.47. The molecule has 0 radical (unpaired) electrons. The number of anilines is 1. The quantitative estimate of drug-likeness (QED) is 0.574. The maximum Gasteiger partial charge on any atom is 0.247 e. The molecule has 0 aliphatic heterocycles. The first-order valence-corrected chi connectivity index (χ1v) is 9.02. The number of nitrogen functional groups attached to an aromatic ring is 1. The van der Waals surface area contributed by atoms with Crippen LogP contribution in [0.1, 0.15) is 5.89 Å². The van der Waals surface area contributed by atoms with Crippen LogP contribution in [0.25, 0.3) is 22.4 Å². The minimum atomic E-state index is -3.55. The summed E-state index contributed by atoms with van der Waals surface area (Å²) in [5, 5.41) is 15.2. The molecule has 25 heavy (non-hydrogen) atoms. The highest BCUT2D eigenvalue weighted by Gasteiger charge is 2.20. The number of benzene rings is 2. The Kier molecular flexibility index (Phi) is 3.50. The Morgan fingerprint density at radius 2 is 1.88 bits per heavy atom. The van der Waals surface area contributed by atoms with Gasteiger partial charge in [-0.3, -0.25) is 5.10 Å². The number of fused-ring (bicyclic) bond motifs is 1. The molecule has 0 unspecified atom stereocenters. The van der Waals surface area contributed by atoms with E-state index >= 15 is 0 Å². The average Bonchev–Trinajstić information content (AvgIpc) is 3.22. The number of rotatable bonds is 4. The lowest BCUT2D eigenvalue weighted by Gasteiger charge is -2.00. The van der Waals surface area contributed by atoms with E-state index in [1.54, 1.807) is 36.4 Å². The third-order valence-electron chi connectivity index (χ3n) is 3.72. The summed E-state index contributed by atoms with van der Waals surface area (Å²) in [4.78, 5) is 0.211. The minimum absolute atomic E-state index is 0.0270. The van der Waals surface area contributed by atoms with Gasteiger partial charge in [0.05, 0.1) is 10.4 Å². The maximum absolute atomic E-state index is 12.4. The largest absolute Gasteiger partial charge is 0.420 e. The Morgan fingerprint density at radius 1 is 1.08 bits per heavy atom. The molecule has 0 bridgehead atoms. The molecule has 4 aromatic rings. The summed E-state index contributed by atoms with van der Waals surface area (Å²) in [6, 6.07) is 13.5. The summed E-state index contributed by atoms with van der Waals surface area (Å²) in [6.45, 7) is 0. The number of aromatic amines is 1. The Balaban J connectivity index is 1.64. The van der Waals surface area contributed by atoms with Gasteiger partial charge in [0, 0.05) is 10.9 Å². The van der Waals surface area contributed by atoms with E-state index < -0.39 is 9.84 Å². The number of aromatic nitrogens is 4. The molecule has 2 heterocycles. The van der Waals surface area contributed by atoms with E-state index in [0.717, 1.165) is 10.9 Å². The van der Waals surface area contributed by atoms with E-state index in [4.69, 9.17) is 10.2 Å². The lowest BCUT2D eigenvalue weighted by molar-refractivity contribution is 0.518. The number of hydrogen-bond donors (Lipinski definition) is 2. The molecule has 0 saturated carbocycles. The van der Waals surface area contributed by atoms with Crippen molar-refractivity contribution in [1.82, 2.24) is 20.4 Å². The van der Waals surface area contributed by atoms with Crippen molar-refractivity contribution in [3.05, 3.63) is 54.4 Å². The molecule has 4 rings (SSSR count). The van der Waals surface area contributed by atoms with Gasteiger partial charge in [-0.1, -0.05) is 18.2 Å². The molecule has 0 amide bonds. The summed E-state index contributed by atoms with van der Waals surface area (Å²) in [7, 11) is -3.55. The molecule has 0 fully saturated rings. The second-order valence-electron chi connectivity index (χ2n) is 5.44. The Labute approximate surface area is 142 Å². The van der Waals surface area contributed by atoms with Crippen LogP contribution >= 0.6 is 0 Å². The van der Waals surface area contributed by atoms with Crippen LogP contribution in [0.3, 0.4) is 0 Å². The number of hydrogen-bond acceptors (Lipinski definition) is 7. The Bertz CT molecular complexity index is 1150. The van der Waals surface area contributed by atoms with Crippen LogP contribution in [0.2, 0.25) is 0 Å². The van der Waals surface area contributed by atoms with Gasteiger partial charge >= 0.3 is 0 Å². The number of nitrogens with zero attached hydrogens (tertiary/aromatic N) is 3. The van der Waals surface area contributed by atoms with E-state index in [9.17, 15) is 8.42 Å². The van der Waals surface area contributed by atoms with Crippen LogP contribution < -0.4 is 5.73 Å². The molecule has 2 aromatic carbocycles. The predicted molar refractivity (Wildman–Crippen MR) is 91.1 cm³/mol. The van der Waals surface area contributed by atoms with Crippen molar-refractivity contribution in [1.29, 1.82) is 0 Å². The van der Waals surface area contributed by atoms with Gasteiger partial charge in [-0.25, -0.2) is 8.42 Å². The van der Waals surface area contributed by atoms with Crippen molar-refractivity contribution in [2.75, 3.05) is 5.73 Å². The molecule has 0 saturated heterocycles. The monoisotopic (exact) mass is 355 g/mol. The van der Waals surface area contributed by atoms with E-state index in [1.165, 1.54) is 12.1 Å². The zero-order valence-corrected chi connectivity index (χ0v) is 13.7. The smallest absolute Gasteiger partial charge is 0.247 e. The molecule has 8 nitrogen and oxygen atoms in total. The Morgan fingerprint density at radius 3 is 2.68 bits per heavy atom. The van der Waals surface area contributed by atoms with Gasteiger partial charge in [0.25, 0.3) is 0 Å². The summed E-state index contributed by atoms with van der Waals surface area (Å²) >= 11 is 0. The summed E-state index contributed by atoms with van der Waals surface area (Å²) in [6.07, 6.45) is 0. The normalized spacial score (nSPS) is 11.8. The van der Waals surface area contributed by atoms with Crippen LogP contribution in [-0.2, 0) is 15.6 Å². The first kappa shape index (κ1) is 15.3. The number of sulfone groups is 1. The van der Waals surface area contributed by atoms with E-state index in [-0.39, 0.29) is 22.4 Å². The average molecular weight is 355 g/mol. The highest BCUT2D eigenvalue weighted by atomic mass is 32.2. The van der Waals surface area contributed by atoms with E-state index in [2.05, 4.69) is 20.4 Å². The van der Waals surface area contributed by atoms with Gasteiger partial charge in [-0.15, -0.1) is 10.2 Å². The lowest BCUT2D eigenvalue weighted by atomic mass is 10.1. The van der Waals surface area contributed by atoms with E-state index in [0.29, 0.717) is 11.4 Å². The summed E-state index contributed by atoms with van der Waals surface area (Å²) in [5.74, 6) is 0.253. The Hall–Kier alpha value is -3.20. The molecule has 0 aliphatic carbocycles. The molecule has 9 heteroatoms. The first-order valence-electron chi connectivity index (χ1n) is 7.37. The molecule has 0 aliphatic rings. The fourth-order valence-corrected chi connectivity index (χ4v) is 3.65. The van der Waals surface area contributed by atoms with Gasteiger partial charge in [0.1, 0.15) is 5.75 Å². The number of H-pyrrole nitrogens is 1. The van der Waals surface area contributed by atoms with Crippen LogP contribution in [0.4, 0.5) is 5.82 Å². The van der Waals surface area contributed by atoms with Crippen molar-refractivity contribution in [3.8, 4) is 11.5 Å². The third kappa shape index (κ3) is 2.85. The van der Waals surface area contributed by atoms with Crippen LogP contribution in [-0.4, -0.2) is 28.8 Å². The predicted octanol–water partition coefficient (Wildman–Crippen LogP) is 2.17. The molecule has 3 N–H and O–H groups in total. The lowest BCUT2D eigenvalue weighted by Crippen LogP contribution is -2.04. The van der Waals surface area contributed by atoms with E-state index in [1.807, 2.05) is 0 Å². The molecule has 2 aromatic heterocycles. The van der Waals surface area contributed by atoms with Crippen molar-refractivity contribution in [3.63, 3.8) is 0 Å². The molecular weight excluding hydrogens is 342 g/mol. The third-order valence-corrected chi connectivity index (χ3v) is 5.34. The first-order chi connectivity index (χ1) is 12.0.